The predicted octanol–water partition coefficient (Wildman–Crippen LogP) is 2.63. The molecule has 0 aliphatic rings. The van der Waals surface area contributed by atoms with Crippen LogP contribution in [0.25, 0.3) is 0 Å². The van der Waals surface area contributed by atoms with Gasteiger partial charge in [0.25, 0.3) is 11.8 Å². The number of benzene rings is 1. The van der Waals surface area contributed by atoms with Crippen molar-refractivity contribution in [2.45, 2.75) is 20.4 Å². The SMILES string of the molecule is CCN(CC)C(=O)c1cc(C(=O)NCc2ccc(F)cc2)ccn1. The van der Waals surface area contributed by atoms with E-state index in [0.717, 1.165) is 5.56 Å². The molecule has 0 saturated heterocycles. The quantitative estimate of drug-likeness (QED) is 0.886. The van der Waals surface area contributed by atoms with Gasteiger partial charge in [0.2, 0.25) is 0 Å². The Balaban J connectivity index is 2.05. The Morgan fingerprint density at radius 1 is 1.12 bits per heavy atom. The van der Waals surface area contributed by atoms with Gasteiger partial charge in [-0.3, -0.25) is 14.6 Å². The largest absolute Gasteiger partial charge is 0.348 e. The molecule has 1 aromatic heterocycles. The summed E-state index contributed by atoms with van der Waals surface area (Å²) in [5, 5.41) is 2.74. The molecule has 2 rings (SSSR count). The van der Waals surface area contributed by atoms with E-state index in [0.29, 0.717) is 18.7 Å². The first-order valence-corrected chi connectivity index (χ1v) is 7.83. The maximum atomic E-state index is 12.9. The number of aromatic nitrogens is 1. The van der Waals surface area contributed by atoms with Crippen molar-refractivity contribution in [2.24, 2.45) is 0 Å². The zero-order valence-electron chi connectivity index (χ0n) is 13.8. The number of hydrogen-bond donors (Lipinski definition) is 1. The first-order chi connectivity index (χ1) is 11.5. The van der Waals surface area contributed by atoms with Gasteiger partial charge in [-0.15, -0.1) is 0 Å². The lowest BCUT2D eigenvalue weighted by Gasteiger charge is -2.18. The molecule has 0 spiro atoms. The summed E-state index contributed by atoms with van der Waals surface area (Å²) < 4.78 is 12.9. The Morgan fingerprint density at radius 3 is 2.42 bits per heavy atom. The minimum atomic E-state index is -0.321. The smallest absolute Gasteiger partial charge is 0.272 e. The summed E-state index contributed by atoms with van der Waals surface area (Å²) in [6, 6.07) is 8.94. The molecule has 2 aromatic rings. The lowest BCUT2D eigenvalue weighted by atomic mass is 10.2. The van der Waals surface area contributed by atoms with Crippen LogP contribution in [0.4, 0.5) is 4.39 Å². The number of pyridine rings is 1. The number of nitrogens with one attached hydrogen (secondary N) is 1. The summed E-state index contributed by atoms with van der Waals surface area (Å²) in [6.07, 6.45) is 1.45. The van der Waals surface area contributed by atoms with Gasteiger partial charge in [-0.2, -0.15) is 0 Å². The highest BCUT2D eigenvalue weighted by atomic mass is 19.1. The molecule has 0 bridgehead atoms. The standard InChI is InChI=1S/C18H20FN3O2/c1-3-22(4-2)18(24)16-11-14(9-10-20-16)17(23)21-12-13-5-7-15(19)8-6-13/h5-11H,3-4,12H2,1-2H3,(H,21,23). The molecule has 126 valence electrons. The molecular weight excluding hydrogens is 309 g/mol. The second-order valence-corrected chi connectivity index (χ2v) is 5.22. The van der Waals surface area contributed by atoms with E-state index in [1.165, 1.54) is 24.4 Å². The highest BCUT2D eigenvalue weighted by molar-refractivity contribution is 5.98. The molecular formula is C18H20FN3O2. The van der Waals surface area contributed by atoms with Crippen LogP contribution < -0.4 is 5.32 Å². The number of carbonyl (C=O) groups is 2. The fourth-order valence-electron chi connectivity index (χ4n) is 2.25. The lowest BCUT2D eigenvalue weighted by molar-refractivity contribution is 0.0767. The molecule has 1 N–H and O–H groups in total. The van der Waals surface area contributed by atoms with Crippen molar-refractivity contribution < 1.29 is 14.0 Å². The highest BCUT2D eigenvalue weighted by Gasteiger charge is 2.16. The highest BCUT2D eigenvalue weighted by Crippen LogP contribution is 2.07. The second-order valence-electron chi connectivity index (χ2n) is 5.22. The van der Waals surface area contributed by atoms with E-state index in [4.69, 9.17) is 0 Å². The third-order valence-corrected chi connectivity index (χ3v) is 3.66. The minimum absolute atomic E-state index is 0.201. The summed E-state index contributed by atoms with van der Waals surface area (Å²) in [5.41, 5.74) is 1.40. The Morgan fingerprint density at radius 2 is 1.79 bits per heavy atom. The number of hydrogen-bond acceptors (Lipinski definition) is 3. The van der Waals surface area contributed by atoms with Gasteiger partial charge in [0.1, 0.15) is 11.5 Å². The maximum absolute atomic E-state index is 12.9. The Labute approximate surface area is 140 Å². The van der Waals surface area contributed by atoms with Crippen LogP contribution in [0.5, 0.6) is 0 Å². The lowest BCUT2D eigenvalue weighted by Crippen LogP contribution is -2.31. The van der Waals surface area contributed by atoms with E-state index in [1.807, 2.05) is 13.8 Å². The van der Waals surface area contributed by atoms with Crippen LogP contribution in [-0.2, 0) is 6.54 Å². The molecule has 0 aliphatic carbocycles. The van der Waals surface area contributed by atoms with Crippen molar-refractivity contribution in [3.8, 4) is 0 Å². The Kier molecular flexibility index (Phi) is 6.01. The van der Waals surface area contributed by atoms with E-state index < -0.39 is 0 Å². The van der Waals surface area contributed by atoms with Crippen LogP contribution in [0.1, 0.15) is 40.3 Å². The van der Waals surface area contributed by atoms with Gasteiger partial charge >= 0.3 is 0 Å². The van der Waals surface area contributed by atoms with Crippen molar-refractivity contribution in [1.29, 1.82) is 0 Å². The van der Waals surface area contributed by atoms with Crippen molar-refractivity contribution in [2.75, 3.05) is 13.1 Å². The van der Waals surface area contributed by atoms with Crippen LogP contribution >= 0.6 is 0 Å². The monoisotopic (exact) mass is 329 g/mol. The molecule has 5 nitrogen and oxygen atoms in total. The fourth-order valence-corrected chi connectivity index (χ4v) is 2.25. The van der Waals surface area contributed by atoms with Gasteiger partial charge in [-0.1, -0.05) is 12.1 Å². The fraction of sp³-hybridized carbons (Fsp3) is 0.278. The van der Waals surface area contributed by atoms with Gasteiger partial charge in [-0.25, -0.2) is 4.39 Å². The Bertz CT molecular complexity index is 712. The third kappa shape index (κ3) is 4.38. The van der Waals surface area contributed by atoms with E-state index in [2.05, 4.69) is 10.3 Å². The van der Waals surface area contributed by atoms with E-state index in [-0.39, 0.29) is 29.9 Å². The normalized spacial score (nSPS) is 10.3. The molecule has 6 heteroatoms. The van der Waals surface area contributed by atoms with Gasteiger partial charge in [-0.05, 0) is 43.7 Å². The first kappa shape index (κ1) is 17.6. The summed E-state index contributed by atoms with van der Waals surface area (Å²) >= 11 is 0. The van der Waals surface area contributed by atoms with Crippen molar-refractivity contribution in [3.63, 3.8) is 0 Å². The number of halogens is 1. The summed E-state index contributed by atoms with van der Waals surface area (Å²) in [6.45, 7) is 5.22. The van der Waals surface area contributed by atoms with Crippen LogP contribution in [-0.4, -0.2) is 34.8 Å². The van der Waals surface area contributed by atoms with Crippen LogP contribution in [0.2, 0.25) is 0 Å². The Hall–Kier alpha value is -2.76. The number of nitrogens with zero attached hydrogens (tertiary/aromatic N) is 2. The van der Waals surface area contributed by atoms with E-state index in [1.54, 1.807) is 23.1 Å². The first-order valence-electron chi connectivity index (χ1n) is 7.83. The predicted molar refractivity (Wildman–Crippen MR) is 89.1 cm³/mol. The molecule has 0 fully saturated rings. The number of rotatable bonds is 6. The van der Waals surface area contributed by atoms with Gasteiger partial charge in [0.15, 0.2) is 0 Å². The summed E-state index contributed by atoms with van der Waals surface area (Å²) in [7, 11) is 0. The molecule has 24 heavy (non-hydrogen) atoms. The third-order valence-electron chi connectivity index (χ3n) is 3.66. The van der Waals surface area contributed by atoms with E-state index >= 15 is 0 Å². The molecule has 1 heterocycles. The molecule has 0 atom stereocenters. The van der Waals surface area contributed by atoms with Gasteiger partial charge < -0.3 is 10.2 Å². The molecule has 1 aromatic carbocycles. The summed E-state index contributed by atoms with van der Waals surface area (Å²) in [5.74, 6) is -0.831. The second kappa shape index (κ2) is 8.19. The van der Waals surface area contributed by atoms with Gasteiger partial charge in [0, 0.05) is 31.4 Å². The van der Waals surface area contributed by atoms with Crippen LogP contribution in [0.15, 0.2) is 42.6 Å². The van der Waals surface area contributed by atoms with Gasteiger partial charge in [0.05, 0.1) is 0 Å². The van der Waals surface area contributed by atoms with Crippen LogP contribution in [0, 0.1) is 5.82 Å². The summed E-state index contributed by atoms with van der Waals surface area (Å²) in [4.78, 5) is 30.2. The molecule has 2 amide bonds. The van der Waals surface area contributed by atoms with Crippen molar-refractivity contribution in [1.82, 2.24) is 15.2 Å². The zero-order chi connectivity index (χ0) is 17.5. The molecule has 0 saturated carbocycles. The van der Waals surface area contributed by atoms with Crippen LogP contribution in [0.3, 0.4) is 0 Å². The number of carbonyl (C=O) groups excluding carboxylic acids is 2. The van der Waals surface area contributed by atoms with Crippen molar-refractivity contribution >= 4 is 11.8 Å². The average molecular weight is 329 g/mol. The van der Waals surface area contributed by atoms with Crippen molar-refractivity contribution in [3.05, 3.63) is 65.2 Å². The van der Waals surface area contributed by atoms with E-state index in [9.17, 15) is 14.0 Å². The number of amides is 2. The molecule has 0 radical (unpaired) electrons. The average Bonchev–Trinajstić information content (AvgIpc) is 2.62. The zero-order valence-corrected chi connectivity index (χ0v) is 13.8. The maximum Gasteiger partial charge on any atom is 0.272 e. The topological polar surface area (TPSA) is 62.3 Å². The molecule has 0 unspecified atom stereocenters. The minimum Gasteiger partial charge on any atom is -0.348 e. The molecule has 0 aliphatic heterocycles.